The van der Waals surface area contributed by atoms with Crippen LogP contribution in [0, 0.1) is 0 Å². The molecule has 2 heterocycles. The van der Waals surface area contributed by atoms with Crippen molar-refractivity contribution in [3.8, 4) is 0 Å². The molecule has 94 valence electrons. The lowest BCUT2D eigenvalue weighted by Gasteiger charge is -2.29. The zero-order valence-electron chi connectivity index (χ0n) is 11.7. The molecule has 8 heteroatoms. The molecular weight excluding hydrogens is 228 g/mol. The molecule has 0 aromatic carbocycles. The van der Waals surface area contributed by atoms with Crippen LogP contribution in [0.15, 0.2) is 22.4 Å². The first-order chi connectivity index (χ1) is 9.12. The van der Waals surface area contributed by atoms with Crippen molar-refractivity contribution in [2.24, 2.45) is 15.7 Å². The highest BCUT2D eigenvalue weighted by Crippen LogP contribution is 2.26. The molecule has 1 unspecified atom stereocenters. The van der Waals surface area contributed by atoms with E-state index in [9.17, 15) is 15.3 Å². The Morgan fingerprint density at radius 1 is 1.65 bits per heavy atom. The summed E-state index contributed by atoms with van der Waals surface area (Å²) in [4.78, 5) is 8.19. The fourth-order valence-corrected chi connectivity index (χ4v) is 1.56. The molecule has 1 fully saturated rings. The number of aliphatic hydroxyl groups excluding tert-OH is 2. The van der Waals surface area contributed by atoms with Crippen LogP contribution < -0.4 is 5.73 Å². The van der Waals surface area contributed by atoms with Crippen molar-refractivity contribution in [1.29, 1.82) is 0 Å². The molecule has 2 aliphatic heterocycles. The van der Waals surface area contributed by atoms with Gasteiger partial charge in [-0.25, -0.2) is 4.99 Å². The molecule has 2 aliphatic rings. The van der Waals surface area contributed by atoms with E-state index in [-0.39, 0.29) is 11.8 Å². The number of nitrogens with zero attached hydrogens (tertiary/aromatic N) is 3. The Labute approximate surface area is 102 Å². The van der Waals surface area contributed by atoms with E-state index in [0.717, 1.165) is 4.90 Å². The average molecular weight is 245 g/mol. The number of nitrogens with two attached hydrogens (primary N) is 1. The zero-order chi connectivity index (χ0) is 15.2. The van der Waals surface area contributed by atoms with Gasteiger partial charge in [-0.3, -0.25) is 4.90 Å². The Morgan fingerprint density at radius 3 is 2.88 bits per heavy atom. The van der Waals surface area contributed by atoms with Gasteiger partial charge in [0, 0.05) is 0 Å². The number of amidine groups is 1. The Balaban J connectivity index is 2.27. The third kappa shape index (κ3) is 2.03. The predicted octanol–water partition coefficient (Wildman–Crippen LogP) is -2.44. The van der Waals surface area contributed by atoms with Crippen LogP contribution >= 0.6 is 0 Å². The molecule has 17 heavy (non-hydrogen) atoms. The Kier molecular flexibility index (Phi) is 2.23. The van der Waals surface area contributed by atoms with Crippen molar-refractivity contribution in [2.45, 2.75) is 24.5 Å². The van der Waals surface area contributed by atoms with Gasteiger partial charge in [0.1, 0.15) is 31.8 Å². The average Bonchev–Trinajstić information content (AvgIpc) is 2.55. The van der Waals surface area contributed by atoms with Crippen LogP contribution in [0.25, 0.3) is 0 Å². The number of ether oxygens (including phenoxy) is 1. The number of guanidine groups is 1. The first-order valence-electron chi connectivity index (χ1n) is 6.24. The predicted molar refractivity (Wildman–Crippen MR) is 58.9 cm³/mol. The van der Waals surface area contributed by atoms with Crippen LogP contribution in [-0.2, 0) is 4.74 Å². The van der Waals surface area contributed by atoms with E-state index in [1.54, 1.807) is 0 Å². The number of hydrogen-bond acceptors (Lipinski definition) is 8. The van der Waals surface area contributed by atoms with Crippen LogP contribution in [-0.4, -0.2) is 63.6 Å². The fraction of sp³-hybridized carbons (Fsp3) is 0.556. The van der Waals surface area contributed by atoms with Crippen molar-refractivity contribution in [1.82, 2.24) is 4.90 Å². The van der Waals surface area contributed by atoms with Crippen LogP contribution in [0.3, 0.4) is 0 Å². The summed E-state index contributed by atoms with van der Waals surface area (Å²) in [5, 5.41) is 28.9. The summed E-state index contributed by atoms with van der Waals surface area (Å²) in [5.74, 6) is -0.253. The third-order valence-electron chi connectivity index (χ3n) is 2.41. The van der Waals surface area contributed by atoms with Crippen molar-refractivity contribution in [3.63, 3.8) is 0 Å². The molecule has 0 spiro atoms. The Hall–Kier alpha value is -1.48. The summed E-state index contributed by atoms with van der Waals surface area (Å²) in [6.45, 7) is 0.649. The van der Waals surface area contributed by atoms with Gasteiger partial charge in [0.05, 0.1) is 9.30 Å². The van der Waals surface area contributed by atoms with E-state index >= 15 is 0 Å². The lowest BCUT2D eigenvalue weighted by atomic mass is 10.1. The number of aliphatic hydroxyl groups is 3. The fourth-order valence-electron chi connectivity index (χ4n) is 1.56. The lowest BCUT2D eigenvalue weighted by Crippen LogP contribution is -2.44. The van der Waals surface area contributed by atoms with Gasteiger partial charge in [-0.15, -0.1) is 0 Å². The quantitative estimate of drug-likeness (QED) is 0.428. The second-order valence-corrected chi connectivity index (χ2v) is 3.53. The van der Waals surface area contributed by atoms with Gasteiger partial charge in [-0.2, -0.15) is 4.99 Å². The van der Waals surface area contributed by atoms with E-state index in [1.807, 2.05) is 0 Å². The van der Waals surface area contributed by atoms with E-state index in [2.05, 4.69) is 16.6 Å². The molecule has 2 rings (SSSR count). The summed E-state index contributed by atoms with van der Waals surface area (Å²) < 4.78 is 27.0. The van der Waals surface area contributed by atoms with E-state index in [4.69, 9.17) is 14.6 Å². The highest BCUT2D eigenvalue weighted by Gasteiger charge is 2.45. The van der Waals surface area contributed by atoms with Gasteiger partial charge in [-0.05, 0) is 0 Å². The first-order valence-corrected chi connectivity index (χ1v) is 4.74. The number of aliphatic imine (C=N–C) groups is 2. The molecule has 8 nitrogen and oxygen atoms in total. The second-order valence-electron chi connectivity index (χ2n) is 3.53. The van der Waals surface area contributed by atoms with Gasteiger partial charge < -0.3 is 25.8 Å². The normalized spacial score (nSPS) is 41.5. The molecule has 4 atom stereocenters. The molecule has 0 bridgehead atoms. The van der Waals surface area contributed by atoms with Crippen molar-refractivity contribution in [3.05, 3.63) is 12.4 Å². The minimum atomic E-state index is -2.87. The summed E-state index contributed by atoms with van der Waals surface area (Å²) in [6.07, 6.45) is -6.77. The van der Waals surface area contributed by atoms with Crippen LogP contribution in [0.4, 0.5) is 0 Å². The molecule has 5 N–H and O–H groups in total. The van der Waals surface area contributed by atoms with E-state index in [0.29, 0.717) is 0 Å². The molecule has 0 aromatic rings. The maximum Gasteiger partial charge on any atom is 0.223 e. The molecule has 0 radical (unpaired) electrons. The molecule has 0 aromatic heterocycles. The topological polar surface area (TPSA) is 124 Å². The summed E-state index contributed by atoms with van der Waals surface area (Å²) in [6, 6.07) is 0. The van der Waals surface area contributed by atoms with Crippen molar-refractivity contribution in [2.75, 3.05) is 6.56 Å². The third-order valence-corrected chi connectivity index (χ3v) is 2.41. The highest BCUT2D eigenvalue weighted by molar-refractivity contribution is 5.89. The second kappa shape index (κ2) is 4.41. The van der Waals surface area contributed by atoms with E-state index < -0.39 is 37.4 Å². The lowest BCUT2D eigenvalue weighted by molar-refractivity contribution is -0.0607. The van der Waals surface area contributed by atoms with Crippen molar-refractivity contribution >= 4 is 12.3 Å². The molecule has 0 amide bonds. The van der Waals surface area contributed by atoms with Gasteiger partial charge >= 0.3 is 0 Å². The first kappa shape index (κ1) is 8.59. The molecular formula is C9H14N4O4. The van der Waals surface area contributed by atoms with Crippen molar-refractivity contribution < 1.29 is 24.2 Å². The summed E-state index contributed by atoms with van der Waals surface area (Å²) in [7, 11) is 0. The molecule has 1 saturated heterocycles. The minimum absolute atomic E-state index is 0.0575. The standard InChI is InChI=1S/C9H14N4O4/c1-4-12-9(10)11-3-13(4)8-7(16)6(15)5(2-14)17-8/h3,5-8,14-16H,1-2H2,(H2,10,12)/t5-,6?,7+,8-/m1/s1/i2D2,3D. The highest BCUT2D eigenvalue weighted by atomic mass is 16.6. The smallest absolute Gasteiger partial charge is 0.223 e. The molecule has 0 aliphatic carbocycles. The Morgan fingerprint density at radius 2 is 2.35 bits per heavy atom. The number of rotatable bonds is 2. The monoisotopic (exact) mass is 245 g/mol. The van der Waals surface area contributed by atoms with E-state index in [1.165, 1.54) is 0 Å². The molecule has 0 saturated carbocycles. The summed E-state index contributed by atoms with van der Waals surface area (Å²) >= 11 is 0. The van der Waals surface area contributed by atoms with Crippen LogP contribution in [0.5, 0.6) is 0 Å². The van der Waals surface area contributed by atoms with Crippen LogP contribution in [0.1, 0.15) is 4.11 Å². The van der Waals surface area contributed by atoms with Gasteiger partial charge in [0.15, 0.2) is 6.23 Å². The van der Waals surface area contributed by atoms with Gasteiger partial charge in [0.2, 0.25) is 5.96 Å². The number of hydrogen-bond donors (Lipinski definition) is 4. The Bertz CT molecular complexity index is 492. The largest absolute Gasteiger partial charge is 0.394 e. The summed E-state index contributed by atoms with van der Waals surface area (Å²) in [5.41, 5.74) is 5.34. The van der Waals surface area contributed by atoms with Crippen LogP contribution in [0.2, 0.25) is 0 Å². The maximum atomic E-state index is 9.89. The SMILES string of the molecule is [2H]C1=NC(N)=NC(=C)N1[C@@H]1O[C@H](C([2H])([2H])O)C(O)[C@@H]1O. The van der Waals surface area contributed by atoms with Gasteiger partial charge in [0.25, 0.3) is 0 Å². The minimum Gasteiger partial charge on any atom is -0.394 e. The maximum absolute atomic E-state index is 9.89. The zero-order valence-corrected chi connectivity index (χ0v) is 8.69. The van der Waals surface area contributed by atoms with Gasteiger partial charge in [-0.1, -0.05) is 6.58 Å².